The Morgan fingerprint density at radius 2 is 1.55 bits per heavy atom. The minimum atomic E-state index is -0.374. The molecule has 8 nitrogen and oxygen atoms in total. The lowest BCUT2D eigenvalue weighted by Gasteiger charge is -2.21. The Hall–Kier alpha value is -5.11. The average Bonchev–Trinajstić information content (AvgIpc) is 3.63. The van der Waals surface area contributed by atoms with Crippen LogP contribution in [0.2, 0.25) is 0 Å². The molecule has 0 atom stereocenters. The van der Waals surface area contributed by atoms with Crippen molar-refractivity contribution in [3.63, 3.8) is 0 Å². The van der Waals surface area contributed by atoms with Crippen LogP contribution >= 0.6 is 0 Å². The molecule has 0 spiro atoms. The lowest BCUT2D eigenvalue weighted by atomic mass is 10.1. The summed E-state index contributed by atoms with van der Waals surface area (Å²) in [4.78, 5) is 27.7. The molecule has 0 radical (unpaired) electrons. The molecular weight excluding hydrogens is 480 g/mol. The van der Waals surface area contributed by atoms with Gasteiger partial charge in [-0.15, -0.1) is 0 Å². The molecule has 0 aliphatic rings. The summed E-state index contributed by atoms with van der Waals surface area (Å²) in [5.74, 6) is 0.907. The van der Waals surface area contributed by atoms with Crippen molar-refractivity contribution in [3.8, 4) is 22.7 Å². The number of nitrogens with zero attached hydrogens (tertiary/aromatic N) is 3. The van der Waals surface area contributed by atoms with Crippen LogP contribution in [-0.2, 0) is 16.1 Å². The largest absolute Gasteiger partial charge is 0.484 e. The summed E-state index contributed by atoms with van der Waals surface area (Å²) in [5.41, 5.74) is 2.43. The lowest BCUT2D eigenvalue weighted by molar-refractivity contribution is -0.137. The summed E-state index contributed by atoms with van der Waals surface area (Å²) in [6, 6.07) is 33.6. The van der Waals surface area contributed by atoms with Gasteiger partial charge in [0.25, 0.3) is 5.91 Å². The van der Waals surface area contributed by atoms with Gasteiger partial charge in [-0.2, -0.15) is 5.10 Å². The quantitative estimate of drug-likeness (QED) is 0.282. The zero-order valence-electron chi connectivity index (χ0n) is 20.6. The maximum atomic E-state index is 13.2. The van der Waals surface area contributed by atoms with Crippen molar-refractivity contribution in [3.05, 3.63) is 121 Å². The number of anilines is 1. The molecule has 0 saturated carbocycles. The van der Waals surface area contributed by atoms with E-state index in [1.165, 1.54) is 11.2 Å². The fourth-order valence-electron chi connectivity index (χ4n) is 3.92. The van der Waals surface area contributed by atoms with E-state index in [0.29, 0.717) is 23.0 Å². The molecule has 3 aromatic carbocycles. The Bertz CT molecular complexity index is 1470. The molecule has 2 heterocycles. The van der Waals surface area contributed by atoms with Crippen LogP contribution in [0.1, 0.15) is 5.76 Å². The lowest BCUT2D eigenvalue weighted by Crippen LogP contribution is -2.40. The maximum absolute atomic E-state index is 13.2. The summed E-state index contributed by atoms with van der Waals surface area (Å²) in [7, 11) is 0. The van der Waals surface area contributed by atoms with E-state index in [4.69, 9.17) is 14.3 Å². The van der Waals surface area contributed by atoms with Gasteiger partial charge in [0.15, 0.2) is 6.61 Å². The number of nitrogens with one attached hydrogen (secondary N) is 1. The van der Waals surface area contributed by atoms with E-state index in [1.807, 2.05) is 84.9 Å². The molecule has 0 bridgehead atoms. The molecule has 0 fully saturated rings. The first kappa shape index (κ1) is 24.6. The smallest absolute Gasteiger partial charge is 0.261 e. The molecule has 190 valence electrons. The van der Waals surface area contributed by atoms with Crippen molar-refractivity contribution >= 4 is 17.6 Å². The van der Waals surface area contributed by atoms with Gasteiger partial charge in [-0.25, -0.2) is 4.68 Å². The third-order valence-electron chi connectivity index (χ3n) is 5.77. The van der Waals surface area contributed by atoms with Crippen molar-refractivity contribution < 1.29 is 18.7 Å². The number of hydrogen-bond donors (Lipinski definition) is 1. The molecular formula is C30H26N4O4. The summed E-state index contributed by atoms with van der Waals surface area (Å²) >= 11 is 0. The fourth-order valence-corrected chi connectivity index (χ4v) is 3.92. The van der Waals surface area contributed by atoms with Crippen molar-refractivity contribution in [1.82, 2.24) is 14.7 Å². The highest BCUT2D eigenvalue weighted by molar-refractivity contribution is 5.94. The highest BCUT2D eigenvalue weighted by Gasteiger charge is 2.21. The number of aromatic nitrogens is 2. The van der Waals surface area contributed by atoms with Crippen LogP contribution in [0.25, 0.3) is 16.9 Å². The van der Waals surface area contributed by atoms with E-state index in [0.717, 1.165) is 11.3 Å². The van der Waals surface area contributed by atoms with Gasteiger partial charge in [-0.3, -0.25) is 9.59 Å². The van der Waals surface area contributed by atoms with Crippen molar-refractivity contribution in [2.45, 2.75) is 6.54 Å². The maximum Gasteiger partial charge on any atom is 0.261 e. The summed E-state index contributed by atoms with van der Waals surface area (Å²) in [5, 5.41) is 7.66. The molecule has 5 rings (SSSR count). The van der Waals surface area contributed by atoms with Gasteiger partial charge < -0.3 is 19.4 Å². The molecule has 0 saturated heterocycles. The summed E-state index contributed by atoms with van der Waals surface area (Å²) < 4.78 is 12.7. The average molecular weight is 507 g/mol. The molecule has 5 aromatic rings. The Morgan fingerprint density at radius 3 is 2.24 bits per heavy atom. The second kappa shape index (κ2) is 11.7. The highest BCUT2D eigenvalue weighted by atomic mass is 16.5. The van der Waals surface area contributed by atoms with Crippen molar-refractivity contribution in [1.29, 1.82) is 0 Å². The fraction of sp³-hybridized carbons (Fsp3) is 0.100. The predicted octanol–water partition coefficient (Wildman–Crippen LogP) is 5.18. The molecule has 0 unspecified atom stereocenters. The molecule has 8 heteroatoms. The van der Waals surface area contributed by atoms with Gasteiger partial charge >= 0.3 is 0 Å². The first-order chi connectivity index (χ1) is 18.7. The predicted molar refractivity (Wildman–Crippen MR) is 144 cm³/mol. The van der Waals surface area contributed by atoms with Crippen LogP contribution < -0.4 is 10.1 Å². The number of carbonyl (C=O) groups is 2. The van der Waals surface area contributed by atoms with Crippen LogP contribution in [-0.4, -0.2) is 39.6 Å². The van der Waals surface area contributed by atoms with E-state index in [-0.39, 0.29) is 31.5 Å². The third-order valence-corrected chi connectivity index (χ3v) is 5.77. The van der Waals surface area contributed by atoms with Gasteiger partial charge in [-0.1, -0.05) is 66.7 Å². The third kappa shape index (κ3) is 6.17. The molecule has 2 amide bonds. The molecule has 2 aromatic heterocycles. The zero-order chi connectivity index (χ0) is 26.2. The second-order valence-electron chi connectivity index (χ2n) is 8.51. The van der Waals surface area contributed by atoms with Crippen LogP contribution in [0.15, 0.2) is 120 Å². The zero-order valence-corrected chi connectivity index (χ0v) is 20.6. The first-order valence-corrected chi connectivity index (χ1v) is 12.1. The number of hydrogen-bond acceptors (Lipinski definition) is 5. The van der Waals surface area contributed by atoms with Gasteiger partial charge in [0.2, 0.25) is 5.91 Å². The van der Waals surface area contributed by atoms with E-state index in [2.05, 4.69) is 5.32 Å². The number of rotatable bonds is 10. The Morgan fingerprint density at radius 1 is 0.868 bits per heavy atom. The van der Waals surface area contributed by atoms with Crippen LogP contribution in [0, 0.1) is 0 Å². The number of ether oxygens (including phenoxy) is 1. The summed E-state index contributed by atoms with van der Waals surface area (Å²) in [6.45, 7) is -0.277. The Kier molecular flexibility index (Phi) is 7.60. The first-order valence-electron chi connectivity index (χ1n) is 12.1. The van der Waals surface area contributed by atoms with Crippen LogP contribution in [0.3, 0.4) is 0 Å². The van der Waals surface area contributed by atoms with Crippen LogP contribution in [0.4, 0.5) is 5.82 Å². The Balaban J connectivity index is 1.35. The number of para-hydroxylation sites is 2. The molecule has 0 aliphatic heterocycles. The monoisotopic (exact) mass is 506 g/mol. The van der Waals surface area contributed by atoms with E-state index in [1.54, 1.807) is 28.9 Å². The topological polar surface area (TPSA) is 89.6 Å². The van der Waals surface area contributed by atoms with E-state index < -0.39 is 0 Å². The normalized spacial score (nSPS) is 10.6. The van der Waals surface area contributed by atoms with Gasteiger partial charge in [0.05, 0.1) is 24.2 Å². The number of carbonyl (C=O) groups excluding carboxylic acids is 2. The molecule has 0 aliphatic carbocycles. The van der Waals surface area contributed by atoms with Crippen molar-refractivity contribution in [2.24, 2.45) is 0 Å². The SMILES string of the molecule is O=C(CN(Cc1ccco1)C(=O)COc1ccccc1)Nc1cc(-c2ccccc2)nn1-c1ccccc1. The summed E-state index contributed by atoms with van der Waals surface area (Å²) in [6.07, 6.45) is 1.53. The molecule has 38 heavy (non-hydrogen) atoms. The Labute approximate surface area is 220 Å². The second-order valence-corrected chi connectivity index (χ2v) is 8.51. The van der Waals surface area contributed by atoms with Gasteiger partial charge in [-0.05, 0) is 36.4 Å². The minimum absolute atomic E-state index is 0.130. The van der Waals surface area contributed by atoms with Crippen LogP contribution in [0.5, 0.6) is 5.75 Å². The molecule has 1 N–H and O–H groups in total. The number of furan rings is 1. The number of benzene rings is 3. The highest BCUT2D eigenvalue weighted by Crippen LogP contribution is 2.25. The number of amides is 2. The van der Waals surface area contributed by atoms with Gasteiger partial charge in [0, 0.05) is 11.6 Å². The van der Waals surface area contributed by atoms with E-state index >= 15 is 0 Å². The minimum Gasteiger partial charge on any atom is -0.484 e. The standard InChI is InChI=1S/C30H26N4O4/c35-29(21-33(20-26-17-10-18-37-26)30(36)22-38-25-15-8-3-9-16-25)31-28-19-27(23-11-4-1-5-12-23)32-34(28)24-13-6-2-7-14-24/h1-19H,20-22H2,(H,31,35). The van der Waals surface area contributed by atoms with Crippen molar-refractivity contribution in [2.75, 3.05) is 18.5 Å². The van der Waals surface area contributed by atoms with E-state index in [9.17, 15) is 9.59 Å². The van der Waals surface area contributed by atoms with Gasteiger partial charge in [0.1, 0.15) is 23.9 Å².